The van der Waals surface area contributed by atoms with E-state index >= 15 is 0 Å². The first-order chi connectivity index (χ1) is 15.4. The van der Waals surface area contributed by atoms with Gasteiger partial charge < -0.3 is 0 Å². The van der Waals surface area contributed by atoms with Gasteiger partial charge in [0.25, 0.3) is 0 Å². The second-order valence-corrected chi connectivity index (χ2v) is 8.49. The van der Waals surface area contributed by atoms with E-state index < -0.39 is 0 Å². The van der Waals surface area contributed by atoms with Crippen LogP contribution in [0.3, 0.4) is 0 Å². The van der Waals surface area contributed by atoms with Crippen molar-refractivity contribution in [3.05, 3.63) is 133 Å². The molecule has 0 radical (unpaired) electrons. The zero-order chi connectivity index (χ0) is 20.9. The zero-order valence-electron chi connectivity index (χ0n) is 17.1. The lowest BCUT2D eigenvalue weighted by Crippen LogP contribution is -1.93. The topological polar surface area (TPSA) is 0 Å². The molecule has 1 heteroatoms. The Balaban J connectivity index is 1.81. The molecule has 0 nitrogen and oxygen atoms in total. The molecule has 0 bridgehead atoms. The fourth-order valence-corrected chi connectivity index (χ4v) is 4.94. The summed E-state index contributed by atoms with van der Waals surface area (Å²) in [6, 6.07) is 47.3. The van der Waals surface area contributed by atoms with E-state index in [1.165, 1.54) is 43.2 Å². The van der Waals surface area contributed by atoms with Crippen molar-refractivity contribution in [1.82, 2.24) is 0 Å². The summed E-state index contributed by atoms with van der Waals surface area (Å²) in [7, 11) is 0. The Morgan fingerprint density at radius 1 is 0.355 bits per heavy atom. The molecule has 0 saturated heterocycles. The quantitative estimate of drug-likeness (QED) is 0.277. The van der Waals surface area contributed by atoms with Gasteiger partial charge in [0, 0.05) is 15.4 Å². The van der Waals surface area contributed by atoms with Gasteiger partial charge in [0.2, 0.25) is 0 Å². The molecule has 5 aromatic carbocycles. The summed E-state index contributed by atoms with van der Waals surface area (Å²) < 4.78 is 0. The molecule has 0 heterocycles. The van der Waals surface area contributed by atoms with E-state index in [0.29, 0.717) is 0 Å². The largest absolute Gasteiger partial charge is 0.0894 e. The summed E-state index contributed by atoms with van der Waals surface area (Å²) in [4.78, 5) is 2.50. The van der Waals surface area contributed by atoms with Gasteiger partial charge in [0.1, 0.15) is 0 Å². The van der Waals surface area contributed by atoms with Crippen LogP contribution in [0.4, 0.5) is 0 Å². The van der Waals surface area contributed by atoms with Crippen LogP contribution < -0.4 is 0 Å². The molecule has 0 aliphatic rings. The van der Waals surface area contributed by atoms with Gasteiger partial charge in [-0.05, 0) is 46.0 Å². The van der Waals surface area contributed by atoms with Crippen molar-refractivity contribution >= 4 is 11.8 Å². The summed E-state index contributed by atoms with van der Waals surface area (Å²) in [5.41, 5.74) is 7.51. The van der Waals surface area contributed by atoms with Crippen molar-refractivity contribution < 1.29 is 0 Å². The fraction of sp³-hybridized carbons (Fsp3) is 0. The Morgan fingerprint density at radius 3 is 1.35 bits per heavy atom. The van der Waals surface area contributed by atoms with Gasteiger partial charge in [-0.1, -0.05) is 127 Å². The predicted molar refractivity (Wildman–Crippen MR) is 133 cm³/mol. The van der Waals surface area contributed by atoms with Crippen molar-refractivity contribution in [2.45, 2.75) is 9.79 Å². The number of hydrogen-bond donors (Lipinski definition) is 0. The van der Waals surface area contributed by atoms with Gasteiger partial charge >= 0.3 is 0 Å². The molecule has 0 aliphatic carbocycles. The molecule has 148 valence electrons. The molecule has 0 amide bonds. The minimum absolute atomic E-state index is 1.23. The number of benzene rings is 5. The second kappa shape index (κ2) is 9.07. The van der Waals surface area contributed by atoms with Gasteiger partial charge in [-0.3, -0.25) is 0 Å². The third-order valence-corrected chi connectivity index (χ3v) is 6.42. The summed E-state index contributed by atoms with van der Waals surface area (Å²) in [6.45, 7) is 0. The van der Waals surface area contributed by atoms with Gasteiger partial charge in [-0.25, -0.2) is 0 Å². The third kappa shape index (κ3) is 4.19. The van der Waals surface area contributed by atoms with Crippen molar-refractivity contribution in [3.8, 4) is 33.4 Å². The first-order valence-corrected chi connectivity index (χ1v) is 11.3. The summed E-state index contributed by atoms with van der Waals surface area (Å²) in [5.74, 6) is 0. The highest BCUT2D eigenvalue weighted by Crippen LogP contribution is 2.46. The SMILES string of the molecule is c1ccc(Sc2ccc(-c3ccccc3)c(-c3ccccc3)c2-c2ccccc2)cc1. The second-order valence-electron chi connectivity index (χ2n) is 7.37. The molecule has 0 aliphatic heterocycles. The smallest absolute Gasteiger partial charge is 0.0207 e. The maximum absolute atomic E-state index is 2.27. The highest BCUT2D eigenvalue weighted by atomic mass is 32.2. The van der Waals surface area contributed by atoms with Crippen molar-refractivity contribution in [1.29, 1.82) is 0 Å². The molecule has 0 aromatic heterocycles. The molecule has 0 fully saturated rings. The molecule has 0 unspecified atom stereocenters. The van der Waals surface area contributed by atoms with Crippen LogP contribution in [0, 0.1) is 0 Å². The van der Waals surface area contributed by atoms with E-state index in [9.17, 15) is 0 Å². The maximum Gasteiger partial charge on any atom is 0.0207 e. The number of rotatable bonds is 5. The molecule has 0 N–H and O–H groups in total. The average molecular weight is 415 g/mol. The van der Waals surface area contributed by atoms with Crippen LogP contribution in [0.1, 0.15) is 0 Å². The maximum atomic E-state index is 2.27. The van der Waals surface area contributed by atoms with E-state index in [2.05, 4.69) is 133 Å². The first kappa shape index (κ1) is 19.4. The molecule has 31 heavy (non-hydrogen) atoms. The van der Waals surface area contributed by atoms with Gasteiger partial charge in [0.15, 0.2) is 0 Å². The first-order valence-electron chi connectivity index (χ1n) is 10.5. The van der Waals surface area contributed by atoms with E-state index in [4.69, 9.17) is 0 Å². The van der Waals surface area contributed by atoms with Gasteiger partial charge in [0.05, 0.1) is 0 Å². The van der Waals surface area contributed by atoms with E-state index in [-0.39, 0.29) is 0 Å². The summed E-state index contributed by atoms with van der Waals surface area (Å²) in [6.07, 6.45) is 0. The zero-order valence-corrected chi connectivity index (χ0v) is 17.9. The van der Waals surface area contributed by atoms with E-state index in [1.54, 1.807) is 0 Å². The summed E-state index contributed by atoms with van der Waals surface area (Å²) in [5, 5.41) is 0. The molecule has 5 rings (SSSR count). The molecular weight excluding hydrogens is 392 g/mol. The van der Waals surface area contributed by atoms with Crippen LogP contribution in [0.15, 0.2) is 143 Å². The van der Waals surface area contributed by atoms with Crippen LogP contribution in [0.5, 0.6) is 0 Å². The fourth-order valence-electron chi connectivity index (χ4n) is 3.94. The standard InChI is InChI=1S/C30H22S/c1-5-13-23(14-6-1)27-21-22-28(31-26-19-11-4-12-20-26)30(25-17-9-3-10-18-25)29(27)24-15-7-2-8-16-24/h1-22H. The molecule has 0 spiro atoms. The Hall–Kier alpha value is -3.55. The highest BCUT2D eigenvalue weighted by Gasteiger charge is 2.18. The van der Waals surface area contributed by atoms with Gasteiger partial charge in [-0.15, -0.1) is 0 Å². The average Bonchev–Trinajstić information content (AvgIpc) is 2.86. The molecule has 0 atom stereocenters. The van der Waals surface area contributed by atoms with Crippen LogP contribution in [0.2, 0.25) is 0 Å². The molecular formula is C30H22S. The Kier molecular flexibility index (Phi) is 5.68. The lowest BCUT2D eigenvalue weighted by atomic mass is 9.87. The van der Waals surface area contributed by atoms with Crippen LogP contribution in [0.25, 0.3) is 33.4 Å². The minimum atomic E-state index is 1.23. The van der Waals surface area contributed by atoms with Crippen LogP contribution in [-0.4, -0.2) is 0 Å². The molecule has 0 saturated carbocycles. The Labute approximate surface area is 188 Å². The lowest BCUT2D eigenvalue weighted by Gasteiger charge is -2.20. The lowest BCUT2D eigenvalue weighted by molar-refractivity contribution is 1.40. The minimum Gasteiger partial charge on any atom is -0.0894 e. The van der Waals surface area contributed by atoms with E-state index in [0.717, 1.165) is 0 Å². The number of hydrogen-bond acceptors (Lipinski definition) is 1. The van der Waals surface area contributed by atoms with Crippen LogP contribution in [-0.2, 0) is 0 Å². The molecule has 5 aromatic rings. The highest BCUT2D eigenvalue weighted by molar-refractivity contribution is 7.99. The summed E-state index contributed by atoms with van der Waals surface area (Å²) >= 11 is 1.82. The van der Waals surface area contributed by atoms with Gasteiger partial charge in [-0.2, -0.15) is 0 Å². The third-order valence-electron chi connectivity index (χ3n) is 5.35. The Morgan fingerprint density at radius 2 is 0.806 bits per heavy atom. The van der Waals surface area contributed by atoms with Crippen molar-refractivity contribution in [2.75, 3.05) is 0 Å². The normalized spacial score (nSPS) is 10.7. The van der Waals surface area contributed by atoms with E-state index in [1.807, 2.05) is 11.8 Å². The van der Waals surface area contributed by atoms with Crippen molar-refractivity contribution in [2.24, 2.45) is 0 Å². The Bertz CT molecular complexity index is 1260. The van der Waals surface area contributed by atoms with Crippen molar-refractivity contribution in [3.63, 3.8) is 0 Å². The predicted octanol–water partition coefficient (Wildman–Crippen LogP) is 8.84. The monoisotopic (exact) mass is 414 g/mol. The van der Waals surface area contributed by atoms with Crippen LogP contribution >= 0.6 is 11.8 Å².